The maximum atomic E-state index is 12.9. The largest absolute Gasteiger partial charge is 0.494 e. The first-order valence-corrected chi connectivity index (χ1v) is 10.9. The molecule has 0 aliphatic carbocycles. The van der Waals surface area contributed by atoms with Gasteiger partial charge in [0.05, 0.1) is 11.5 Å². The number of ether oxygens (including phenoxy) is 1. The third-order valence-electron chi connectivity index (χ3n) is 4.84. The second kappa shape index (κ2) is 10.3. The number of fused-ring (bicyclic) bond motifs is 1. The third kappa shape index (κ3) is 5.73. The van der Waals surface area contributed by atoms with Gasteiger partial charge in [-0.1, -0.05) is 62.2 Å². The Kier molecular flexibility index (Phi) is 7.53. The Bertz CT molecular complexity index is 900. The van der Waals surface area contributed by atoms with E-state index in [1.54, 1.807) is 0 Å². The smallest absolute Gasteiger partial charge is 0.303 e. The van der Waals surface area contributed by atoms with Gasteiger partial charge in [-0.3, -0.25) is 9.59 Å². The number of carbonyl (C=O) groups is 2. The van der Waals surface area contributed by atoms with E-state index in [0.717, 1.165) is 34.8 Å². The number of hydrogen-bond donors (Lipinski definition) is 1. The summed E-state index contributed by atoms with van der Waals surface area (Å²) < 4.78 is 5.77. The van der Waals surface area contributed by atoms with Gasteiger partial charge in [0.15, 0.2) is 0 Å². The maximum absolute atomic E-state index is 12.9. The number of carbonyl (C=O) groups excluding carboxylic acids is 1. The molecule has 0 aromatic heterocycles. The van der Waals surface area contributed by atoms with Gasteiger partial charge in [-0.2, -0.15) is 0 Å². The molecule has 0 atom stereocenters. The number of aliphatic carboxylic acids is 1. The summed E-state index contributed by atoms with van der Waals surface area (Å²) in [5, 5.41) is 8.94. The lowest BCUT2D eigenvalue weighted by Gasteiger charge is -2.06. The van der Waals surface area contributed by atoms with E-state index >= 15 is 0 Å². The summed E-state index contributed by atoms with van der Waals surface area (Å²) in [4.78, 5) is 25.3. The highest BCUT2D eigenvalue weighted by molar-refractivity contribution is 8.04. The van der Waals surface area contributed by atoms with Crippen molar-refractivity contribution in [1.82, 2.24) is 0 Å². The van der Waals surface area contributed by atoms with E-state index < -0.39 is 5.97 Å². The maximum Gasteiger partial charge on any atom is 0.303 e. The number of rotatable bonds is 10. The first-order chi connectivity index (χ1) is 14.1. The Labute approximate surface area is 176 Å². The Hall–Kier alpha value is -2.53. The number of carboxylic acid groups (broad SMARTS) is 1. The summed E-state index contributed by atoms with van der Waals surface area (Å²) in [6.07, 6.45) is 6.98. The number of allylic oxidation sites excluding steroid dienone is 1. The van der Waals surface area contributed by atoms with Gasteiger partial charge in [-0.05, 0) is 48.2 Å². The molecule has 3 rings (SSSR count). The fourth-order valence-corrected chi connectivity index (χ4v) is 4.38. The zero-order valence-electron chi connectivity index (χ0n) is 16.6. The highest BCUT2D eigenvalue weighted by Crippen LogP contribution is 2.42. The summed E-state index contributed by atoms with van der Waals surface area (Å²) in [6.45, 7) is 2.92. The third-order valence-corrected chi connectivity index (χ3v) is 5.92. The minimum absolute atomic E-state index is 0.0212. The molecule has 0 fully saturated rings. The van der Waals surface area contributed by atoms with Crippen LogP contribution in [0.3, 0.4) is 0 Å². The Morgan fingerprint density at radius 3 is 2.62 bits per heavy atom. The second-order valence-electron chi connectivity index (χ2n) is 7.10. The van der Waals surface area contributed by atoms with Crippen LogP contribution in [0.15, 0.2) is 52.3 Å². The van der Waals surface area contributed by atoms with Crippen LogP contribution in [0, 0.1) is 0 Å². The summed E-state index contributed by atoms with van der Waals surface area (Å²) >= 11 is 1.45. The van der Waals surface area contributed by atoms with Gasteiger partial charge < -0.3 is 9.84 Å². The molecule has 0 spiro atoms. The van der Waals surface area contributed by atoms with Gasteiger partial charge in [0.1, 0.15) is 5.75 Å². The predicted molar refractivity (Wildman–Crippen MR) is 117 cm³/mol. The molecule has 4 nitrogen and oxygen atoms in total. The van der Waals surface area contributed by atoms with Gasteiger partial charge in [0.2, 0.25) is 5.78 Å². The van der Waals surface area contributed by atoms with Crippen LogP contribution in [0.25, 0.3) is 6.08 Å². The van der Waals surface area contributed by atoms with Gasteiger partial charge >= 0.3 is 5.97 Å². The average Bonchev–Trinajstić information content (AvgIpc) is 3.03. The zero-order chi connectivity index (χ0) is 20.6. The monoisotopic (exact) mass is 410 g/mol. The van der Waals surface area contributed by atoms with Crippen molar-refractivity contribution in [2.24, 2.45) is 0 Å². The minimum Gasteiger partial charge on any atom is -0.494 e. The molecular formula is C24H26O4S. The minimum atomic E-state index is -0.857. The van der Waals surface area contributed by atoms with Crippen molar-refractivity contribution in [2.45, 2.75) is 50.3 Å². The van der Waals surface area contributed by atoms with Crippen molar-refractivity contribution in [3.63, 3.8) is 0 Å². The van der Waals surface area contributed by atoms with Crippen molar-refractivity contribution >= 4 is 29.6 Å². The fourth-order valence-electron chi connectivity index (χ4n) is 3.28. The van der Waals surface area contributed by atoms with Crippen molar-refractivity contribution < 1.29 is 19.4 Å². The van der Waals surface area contributed by atoms with Crippen LogP contribution >= 0.6 is 11.8 Å². The van der Waals surface area contributed by atoms with E-state index in [0.29, 0.717) is 16.9 Å². The van der Waals surface area contributed by atoms with E-state index in [9.17, 15) is 9.59 Å². The predicted octanol–water partition coefficient (Wildman–Crippen LogP) is 5.99. The lowest BCUT2D eigenvalue weighted by molar-refractivity contribution is -0.136. The molecule has 1 heterocycles. The van der Waals surface area contributed by atoms with Crippen LogP contribution in [0.1, 0.15) is 60.5 Å². The van der Waals surface area contributed by atoms with E-state index in [-0.39, 0.29) is 12.2 Å². The Balaban J connectivity index is 1.66. The molecule has 152 valence electrons. The van der Waals surface area contributed by atoms with E-state index in [1.165, 1.54) is 31.0 Å². The molecule has 0 saturated heterocycles. The number of thioether (sulfide) groups is 1. The summed E-state index contributed by atoms with van der Waals surface area (Å²) in [5.74, 6) is -0.0420. The fraction of sp³-hybridized carbons (Fsp3) is 0.333. The standard InChI is InChI=1S/C24H26O4S/c1-2-3-4-5-15-28-19-12-9-17(10-13-19)16-21-24(27)23-18(11-14-22(25)26)7-6-8-20(23)29-21/h6-10,12-13,16H,2-5,11,14-15H2,1H3,(H,25,26)/b21-16-. The van der Waals surface area contributed by atoms with Crippen LogP contribution in [0.5, 0.6) is 5.75 Å². The molecule has 0 amide bonds. The van der Waals surface area contributed by atoms with Crippen LogP contribution in [0.4, 0.5) is 0 Å². The summed E-state index contributed by atoms with van der Waals surface area (Å²) in [6, 6.07) is 13.4. The molecule has 0 unspecified atom stereocenters. The van der Waals surface area contributed by atoms with Crippen LogP contribution in [-0.2, 0) is 11.2 Å². The van der Waals surface area contributed by atoms with Crippen molar-refractivity contribution in [2.75, 3.05) is 6.61 Å². The van der Waals surface area contributed by atoms with E-state index in [4.69, 9.17) is 9.84 Å². The number of hydrogen-bond acceptors (Lipinski definition) is 4. The molecular weight excluding hydrogens is 384 g/mol. The van der Waals surface area contributed by atoms with Gasteiger partial charge in [0, 0.05) is 16.9 Å². The van der Waals surface area contributed by atoms with Gasteiger partial charge in [-0.25, -0.2) is 0 Å². The van der Waals surface area contributed by atoms with Crippen molar-refractivity contribution in [3.05, 3.63) is 64.1 Å². The molecule has 29 heavy (non-hydrogen) atoms. The quantitative estimate of drug-likeness (QED) is 0.385. The van der Waals surface area contributed by atoms with Gasteiger partial charge in [0.25, 0.3) is 0 Å². The SMILES string of the molecule is CCCCCCOc1ccc(/C=C2\Sc3cccc(CCC(=O)O)c3C2=O)cc1. The molecule has 0 radical (unpaired) electrons. The highest BCUT2D eigenvalue weighted by atomic mass is 32.2. The van der Waals surface area contributed by atoms with Crippen LogP contribution in [-0.4, -0.2) is 23.5 Å². The molecule has 1 aliphatic rings. The Morgan fingerprint density at radius 2 is 1.90 bits per heavy atom. The second-order valence-corrected chi connectivity index (χ2v) is 8.19. The lowest BCUT2D eigenvalue weighted by atomic mass is 9.99. The lowest BCUT2D eigenvalue weighted by Crippen LogP contribution is -2.04. The van der Waals surface area contributed by atoms with Crippen molar-refractivity contribution in [1.29, 1.82) is 0 Å². The average molecular weight is 411 g/mol. The summed E-state index contributed by atoms with van der Waals surface area (Å²) in [7, 11) is 0. The number of carboxylic acids is 1. The number of benzene rings is 2. The summed E-state index contributed by atoms with van der Waals surface area (Å²) in [5.41, 5.74) is 2.40. The zero-order valence-corrected chi connectivity index (χ0v) is 17.5. The molecule has 2 aromatic carbocycles. The first kappa shape index (κ1) is 21.2. The number of Topliss-reactive ketones (excluding diaryl/α,β-unsaturated/α-hetero) is 1. The number of unbranched alkanes of at least 4 members (excludes halogenated alkanes) is 3. The number of ketones is 1. The molecule has 0 bridgehead atoms. The highest BCUT2D eigenvalue weighted by Gasteiger charge is 2.28. The molecule has 1 N–H and O–H groups in total. The molecule has 5 heteroatoms. The van der Waals surface area contributed by atoms with Crippen LogP contribution in [0.2, 0.25) is 0 Å². The van der Waals surface area contributed by atoms with E-state index in [1.807, 2.05) is 48.5 Å². The van der Waals surface area contributed by atoms with Gasteiger partial charge in [-0.15, -0.1) is 0 Å². The number of aryl methyl sites for hydroxylation is 1. The molecule has 2 aromatic rings. The molecule has 0 saturated carbocycles. The first-order valence-electron chi connectivity index (χ1n) is 10.1. The Morgan fingerprint density at radius 1 is 1.10 bits per heavy atom. The van der Waals surface area contributed by atoms with Crippen molar-refractivity contribution in [3.8, 4) is 5.75 Å². The normalized spacial score (nSPS) is 14.2. The van der Waals surface area contributed by atoms with E-state index in [2.05, 4.69) is 6.92 Å². The topological polar surface area (TPSA) is 63.6 Å². The van der Waals surface area contributed by atoms with Crippen LogP contribution < -0.4 is 4.74 Å². The molecule has 1 aliphatic heterocycles.